The number of amides is 2. The molecule has 0 aliphatic rings. The van der Waals surface area contributed by atoms with Gasteiger partial charge >= 0.3 is 12.0 Å². The predicted molar refractivity (Wildman–Crippen MR) is 80.9 cm³/mol. The normalized spacial score (nSPS) is 11.8. The summed E-state index contributed by atoms with van der Waals surface area (Å²) in [6, 6.07) is 5.88. The molecule has 6 nitrogen and oxygen atoms in total. The van der Waals surface area contributed by atoms with Gasteiger partial charge in [0.05, 0.1) is 0 Å². The summed E-state index contributed by atoms with van der Waals surface area (Å²) in [5.41, 5.74) is 0.432. The van der Waals surface area contributed by atoms with Crippen molar-refractivity contribution in [1.29, 1.82) is 0 Å². The van der Waals surface area contributed by atoms with Crippen LogP contribution in [-0.2, 0) is 9.53 Å². The third-order valence-electron chi connectivity index (χ3n) is 2.78. The lowest BCUT2D eigenvalue weighted by molar-refractivity contribution is -0.135. The lowest BCUT2D eigenvalue weighted by Crippen LogP contribution is -2.46. The van der Waals surface area contributed by atoms with E-state index >= 15 is 0 Å². The summed E-state index contributed by atoms with van der Waals surface area (Å²) in [5, 5.41) is 12.1. The van der Waals surface area contributed by atoms with E-state index in [1.165, 1.54) is 0 Å². The molecule has 1 rings (SSSR count). The molecule has 1 unspecified atom stereocenters. The van der Waals surface area contributed by atoms with Crippen LogP contribution in [0.5, 0.6) is 0 Å². The predicted octanol–water partition coefficient (Wildman–Crippen LogP) is 2.37. The molecule has 0 saturated heterocycles. The molecular formula is C14H19ClN2O4. The number of benzene rings is 1. The van der Waals surface area contributed by atoms with Gasteiger partial charge in [0.1, 0.15) is 6.54 Å². The van der Waals surface area contributed by atoms with E-state index in [-0.39, 0.29) is 6.04 Å². The highest BCUT2D eigenvalue weighted by atomic mass is 35.5. The Labute approximate surface area is 128 Å². The number of carboxylic acids is 1. The van der Waals surface area contributed by atoms with Gasteiger partial charge in [-0.15, -0.1) is 0 Å². The van der Waals surface area contributed by atoms with E-state index in [9.17, 15) is 9.59 Å². The minimum atomic E-state index is -1.10. The standard InChI is InChI=1S/C14H19ClN2O4/c1-10(6-7-21-2)16-14(20)17(9-13(18)19)12-5-3-4-11(15)8-12/h3-5,8,10H,6-7,9H2,1-2H3,(H,16,20)(H,18,19). The highest BCUT2D eigenvalue weighted by molar-refractivity contribution is 6.30. The van der Waals surface area contributed by atoms with Crippen LogP contribution in [-0.4, -0.2) is 43.4 Å². The molecule has 1 aromatic carbocycles. The zero-order valence-corrected chi connectivity index (χ0v) is 12.8. The summed E-state index contributed by atoms with van der Waals surface area (Å²) < 4.78 is 4.94. The maximum atomic E-state index is 12.2. The second-order valence-electron chi connectivity index (χ2n) is 4.59. The van der Waals surface area contributed by atoms with Gasteiger partial charge in [-0.05, 0) is 31.5 Å². The molecule has 0 saturated carbocycles. The Morgan fingerprint density at radius 1 is 1.48 bits per heavy atom. The van der Waals surface area contributed by atoms with Crippen LogP contribution in [0.2, 0.25) is 5.02 Å². The largest absolute Gasteiger partial charge is 0.480 e. The second kappa shape index (κ2) is 8.49. The molecule has 2 amide bonds. The molecular weight excluding hydrogens is 296 g/mol. The van der Waals surface area contributed by atoms with Gasteiger partial charge in [0.25, 0.3) is 0 Å². The van der Waals surface area contributed by atoms with Crippen molar-refractivity contribution in [1.82, 2.24) is 5.32 Å². The highest BCUT2D eigenvalue weighted by Gasteiger charge is 2.20. The van der Waals surface area contributed by atoms with E-state index in [4.69, 9.17) is 21.4 Å². The van der Waals surface area contributed by atoms with Gasteiger partial charge < -0.3 is 15.2 Å². The number of nitrogens with one attached hydrogen (secondary N) is 1. The fourth-order valence-corrected chi connectivity index (χ4v) is 1.90. The first-order valence-electron chi connectivity index (χ1n) is 6.48. The van der Waals surface area contributed by atoms with Crippen LogP contribution in [0.3, 0.4) is 0 Å². The van der Waals surface area contributed by atoms with Gasteiger partial charge in [0.15, 0.2) is 0 Å². The first kappa shape index (κ1) is 17.3. The molecule has 0 bridgehead atoms. The fraction of sp³-hybridized carbons (Fsp3) is 0.429. The number of anilines is 1. The number of aliphatic carboxylic acids is 1. The number of hydrogen-bond acceptors (Lipinski definition) is 3. The number of carboxylic acid groups (broad SMARTS) is 1. The molecule has 2 N–H and O–H groups in total. The minimum absolute atomic E-state index is 0.132. The molecule has 7 heteroatoms. The average molecular weight is 315 g/mol. The molecule has 0 heterocycles. The van der Waals surface area contributed by atoms with Crippen LogP contribution >= 0.6 is 11.6 Å². The lowest BCUT2D eigenvalue weighted by atomic mass is 10.2. The van der Waals surface area contributed by atoms with Crippen LogP contribution in [0.25, 0.3) is 0 Å². The number of carbonyl (C=O) groups excluding carboxylic acids is 1. The number of halogens is 1. The Kier molecular flexibility index (Phi) is 6.98. The quantitative estimate of drug-likeness (QED) is 0.810. The number of rotatable bonds is 7. The molecule has 0 spiro atoms. The smallest absolute Gasteiger partial charge is 0.323 e. The van der Waals surface area contributed by atoms with E-state index in [0.717, 1.165) is 4.90 Å². The molecule has 116 valence electrons. The maximum absolute atomic E-state index is 12.2. The zero-order valence-electron chi connectivity index (χ0n) is 12.0. The molecule has 0 aromatic heterocycles. The lowest BCUT2D eigenvalue weighted by Gasteiger charge is -2.24. The van der Waals surface area contributed by atoms with E-state index in [0.29, 0.717) is 23.7 Å². The summed E-state index contributed by atoms with van der Waals surface area (Å²) in [4.78, 5) is 24.3. The summed E-state index contributed by atoms with van der Waals surface area (Å²) in [6.45, 7) is 1.90. The number of hydrogen-bond donors (Lipinski definition) is 2. The van der Waals surface area contributed by atoms with E-state index in [1.807, 2.05) is 6.92 Å². The SMILES string of the molecule is COCCC(C)NC(=O)N(CC(=O)O)c1cccc(Cl)c1. The van der Waals surface area contributed by atoms with Gasteiger partial charge in [0, 0.05) is 30.5 Å². The van der Waals surface area contributed by atoms with Crippen molar-refractivity contribution in [3.05, 3.63) is 29.3 Å². The van der Waals surface area contributed by atoms with Crippen LogP contribution in [0.1, 0.15) is 13.3 Å². The molecule has 1 atom stereocenters. The number of ether oxygens (including phenoxy) is 1. The molecule has 0 aliphatic carbocycles. The minimum Gasteiger partial charge on any atom is -0.480 e. The van der Waals surface area contributed by atoms with Gasteiger partial charge in [-0.3, -0.25) is 9.69 Å². The summed E-state index contributed by atoms with van der Waals surface area (Å²) in [6.07, 6.45) is 0.638. The third kappa shape index (κ3) is 6.01. The highest BCUT2D eigenvalue weighted by Crippen LogP contribution is 2.19. The number of urea groups is 1. The molecule has 21 heavy (non-hydrogen) atoms. The van der Waals surface area contributed by atoms with Gasteiger partial charge in [0.2, 0.25) is 0 Å². The van der Waals surface area contributed by atoms with Crippen molar-refractivity contribution in [2.45, 2.75) is 19.4 Å². The molecule has 1 aromatic rings. The number of carbonyl (C=O) groups is 2. The van der Waals surface area contributed by atoms with Crippen molar-refractivity contribution in [3.8, 4) is 0 Å². The Morgan fingerprint density at radius 2 is 2.19 bits per heavy atom. The number of nitrogens with zero attached hydrogens (tertiary/aromatic N) is 1. The van der Waals surface area contributed by atoms with E-state index in [2.05, 4.69) is 5.32 Å². The summed E-state index contributed by atoms with van der Waals surface area (Å²) in [7, 11) is 1.58. The first-order valence-corrected chi connectivity index (χ1v) is 6.86. The van der Waals surface area contributed by atoms with Crippen LogP contribution in [0.15, 0.2) is 24.3 Å². The van der Waals surface area contributed by atoms with Crippen molar-refractivity contribution >= 4 is 29.3 Å². The van der Waals surface area contributed by atoms with Crippen LogP contribution < -0.4 is 10.2 Å². The van der Waals surface area contributed by atoms with Crippen molar-refractivity contribution in [2.75, 3.05) is 25.2 Å². The van der Waals surface area contributed by atoms with Crippen molar-refractivity contribution in [2.24, 2.45) is 0 Å². The monoisotopic (exact) mass is 314 g/mol. The van der Waals surface area contributed by atoms with Crippen LogP contribution in [0.4, 0.5) is 10.5 Å². The fourth-order valence-electron chi connectivity index (χ4n) is 1.72. The van der Waals surface area contributed by atoms with Gasteiger partial charge in [-0.1, -0.05) is 17.7 Å². The zero-order chi connectivity index (χ0) is 15.8. The summed E-state index contributed by atoms with van der Waals surface area (Å²) >= 11 is 5.88. The first-order chi connectivity index (χ1) is 9.93. The average Bonchev–Trinajstić information content (AvgIpc) is 2.42. The molecule has 0 aliphatic heterocycles. The van der Waals surface area contributed by atoms with Crippen LogP contribution in [0, 0.1) is 0 Å². The second-order valence-corrected chi connectivity index (χ2v) is 5.03. The maximum Gasteiger partial charge on any atom is 0.323 e. The molecule has 0 radical (unpaired) electrons. The molecule has 0 fully saturated rings. The van der Waals surface area contributed by atoms with Crippen molar-refractivity contribution < 1.29 is 19.4 Å². The Balaban J connectivity index is 2.82. The van der Waals surface area contributed by atoms with E-state index < -0.39 is 18.5 Å². The Morgan fingerprint density at radius 3 is 2.76 bits per heavy atom. The van der Waals surface area contributed by atoms with E-state index in [1.54, 1.807) is 31.4 Å². The Bertz CT molecular complexity index is 496. The van der Waals surface area contributed by atoms with Crippen molar-refractivity contribution in [3.63, 3.8) is 0 Å². The Hall–Kier alpha value is -1.79. The van der Waals surface area contributed by atoms with Gasteiger partial charge in [-0.25, -0.2) is 4.79 Å². The van der Waals surface area contributed by atoms with Gasteiger partial charge in [-0.2, -0.15) is 0 Å². The topological polar surface area (TPSA) is 78.9 Å². The number of methoxy groups -OCH3 is 1. The summed E-state index contributed by atoms with van der Waals surface area (Å²) in [5.74, 6) is -1.10. The third-order valence-corrected chi connectivity index (χ3v) is 3.02.